The summed E-state index contributed by atoms with van der Waals surface area (Å²) < 4.78 is 30.5. The second-order valence-electron chi connectivity index (χ2n) is 27.1. The van der Waals surface area contributed by atoms with Crippen molar-refractivity contribution in [3.8, 4) is 0 Å². The summed E-state index contributed by atoms with van der Waals surface area (Å²) in [6.07, 6.45) is 90.4. The molecule has 0 aliphatic rings. The molecule has 0 fully saturated rings. The first-order valence-electron chi connectivity index (χ1n) is 38.2. The molecule has 0 spiro atoms. The normalized spacial score (nSPS) is 13.8. The van der Waals surface area contributed by atoms with Gasteiger partial charge in [0.15, 0.2) is 0 Å². The number of allylic oxidation sites excluding steroid dienone is 11. The lowest BCUT2D eigenvalue weighted by Gasteiger charge is -2.30. The van der Waals surface area contributed by atoms with Crippen LogP contribution in [0.2, 0.25) is 0 Å². The molecule has 0 rings (SSSR count). The lowest BCUT2D eigenvalue weighted by Crippen LogP contribution is -2.47. The lowest BCUT2D eigenvalue weighted by atomic mass is 10.0. The van der Waals surface area contributed by atoms with Crippen molar-refractivity contribution in [1.82, 2.24) is 5.32 Å². The Balaban J connectivity index is 4.93. The number of phosphoric acid groups is 1. The number of rotatable bonds is 70. The molecule has 0 aromatic carbocycles. The van der Waals surface area contributed by atoms with E-state index >= 15 is 0 Å². The molecule has 3 atom stereocenters. The number of nitrogens with one attached hydrogen (secondary N) is 1. The van der Waals surface area contributed by atoms with E-state index in [1.807, 2.05) is 33.3 Å². The van der Waals surface area contributed by atoms with Crippen LogP contribution < -0.4 is 10.2 Å². The third kappa shape index (κ3) is 69.6. The fraction of sp³-hybridized carbons (Fsp3) is 0.823. The Labute approximate surface area is 553 Å². The number of carbonyl (C=O) groups excluding carboxylic acids is 2. The molecule has 0 saturated heterocycles. The van der Waals surface area contributed by atoms with Crippen LogP contribution in [-0.2, 0) is 27.9 Å². The minimum Gasteiger partial charge on any atom is -0.756 e. The van der Waals surface area contributed by atoms with Gasteiger partial charge >= 0.3 is 5.97 Å². The number of phosphoric ester groups is 1. The Morgan fingerprint density at radius 3 is 1.06 bits per heavy atom. The van der Waals surface area contributed by atoms with Gasteiger partial charge in [-0.3, -0.25) is 14.2 Å². The molecule has 0 bridgehead atoms. The highest BCUT2D eigenvalue weighted by Gasteiger charge is 2.27. The van der Waals surface area contributed by atoms with Crippen molar-refractivity contribution in [3.63, 3.8) is 0 Å². The maximum absolute atomic E-state index is 13.6. The molecule has 0 aliphatic heterocycles. The Morgan fingerprint density at radius 1 is 0.393 bits per heavy atom. The van der Waals surface area contributed by atoms with Gasteiger partial charge in [0.2, 0.25) is 5.91 Å². The monoisotopic (exact) mass is 1270 g/mol. The van der Waals surface area contributed by atoms with Crippen molar-refractivity contribution in [2.75, 3.05) is 40.9 Å². The topological polar surface area (TPSA) is 114 Å². The Hall–Kier alpha value is -2.55. The fourth-order valence-electron chi connectivity index (χ4n) is 11.2. The molecule has 0 aliphatic carbocycles. The Morgan fingerprint density at radius 2 is 0.685 bits per heavy atom. The number of amides is 1. The van der Waals surface area contributed by atoms with E-state index in [9.17, 15) is 19.0 Å². The van der Waals surface area contributed by atoms with Gasteiger partial charge in [0.1, 0.15) is 19.3 Å². The Bertz CT molecular complexity index is 1750. The summed E-state index contributed by atoms with van der Waals surface area (Å²) in [6.45, 7) is 6.85. The lowest BCUT2D eigenvalue weighted by molar-refractivity contribution is -0.870. The van der Waals surface area contributed by atoms with Crippen molar-refractivity contribution in [3.05, 3.63) is 72.9 Å². The van der Waals surface area contributed by atoms with Gasteiger partial charge < -0.3 is 28.5 Å². The number of likely N-dealkylation sites (N-methyl/N-ethyl adjacent to an activating group) is 1. The number of ether oxygens (including phenoxy) is 1. The highest BCUT2D eigenvalue weighted by Crippen LogP contribution is 2.38. The second kappa shape index (κ2) is 68.3. The largest absolute Gasteiger partial charge is 0.756 e. The van der Waals surface area contributed by atoms with Crippen molar-refractivity contribution in [1.29, 1.82) is 0 Å². The molecular weight excluding hydrogens is 1120 g/mol. The van der Waals surface area contributed by atoms with Crippen LogP contribution in [0.3, 0.4) is 0 Å². The molecule has 9 nitrogen and oxygen atoms in total. The highest BCUT2D eigenvalue weighted by molar-refractivity contribution is 7.45. The quantitative estimate of drug-likeness (QED) is 0.0212. The predicted octanol–water partition coefficient (Wildman–Crippen LogP) is 24.1. The average Bonchev–Trinajstić information content (AvgIpc) is 3.71. The number of nitrogens with zero attached hydrogens (tertiary/aromatic N) is 1. The van der Waals surface area contributed by atoms with Gasteiger partial charge in [-0.05, 0) is 102 Å². The summed E-state index contributed by atoms with van der Waals surface area (Å²) in [5, 5.41) is 3.05. The smallest absolute Gasteiger partial charge is 0.306 e. The van der Waals surface area contributed by atoms with E-state index < -0.39 is 20.0 Å². The van der Waals surface area contributed by atoms with Gasteiger partial charge in [-0.1, -0.05) is 325 Å². The number of hydrogen-bond acceptors (Lipinski definition) is 7. The first-order valence-corrected chi connectivity index (χ1v) is 39.7. The average molecular weight is 1270 g/mol. The first-order chi connectivity index (χ1) is 43.4. The van der Waals surface area contributed by atoms with E-state index in [2.05, 4.69) is 86.8 Å². The van der Waals surface area contributed by atoms with E-state index in [4.69, 9.17) is 13.8 Å². The number of esters is 1. The van der Waals surface area contributed by atoms with E-state index in [0.29, 0.717) is 17.4 Å². The number of unbranched alkanes of at least 4 members (excludes halogenated alkanes) is 44. The third-order valence-corrected chi connectivity index (χ3v) is 18.1. The third-order valence-electron chi connectivity index (χ3n) is 17.1. The van der Waals surface area contributed by atoms with E-state index in [-0.39, 0.29) is 31.5 Å². The molecule has 10 heteroatoms. The standard InChI is InChI=1S/C79H147N2O7P/c1-7-10-13-16-19-22-25-27-29-31-33-35-37-39-40-42-44-46-48-50-52-54-57-60-63-66-69-72-79(83)88-77(70-67-64-61-58-55-24-21-18-15-12-9-3)76(75-87-89(84,85)86-74-73-81(4,5)6)80-78(82)71-68-65-62-59-56-53-51-49-47-45-43-41-38-36-34-32-30-28-26-23-20-17-14-11-8-2/h19,22,27-30,33,35,39-40,67,70,76-77H,7-18,20-21,23-26,31-32,34,36-38,41-66,68-69,71-75H2,1-6H3,(H-,80,82,84,85)/b22-19-,29-27-,30-28+,35-33-,40-39-,70-67+. The molecule has 0 saturated carbocycles. The van der Waals surface area contributed by atoms with E-state index in [1.54, 1.807) is 0 Å². The SMILES string of the molecule is CCCCC/C=C\C/C=C\C/C=C\C/C=C\CCCCCCCCCCCCCC(=O)OC(/C=C/CCCCCCCCCCC)C(COP(=O)([O-])OCC[N+](C)(C)C)NC(=O)CCCCCCCCCCCCCCCCC/C=C/CCCCCCCC. The van der Waals surface area contributed by atoms with Gasteiger partial charge in [-0.2, -0.15) is 0 Å². The van der Waals surface area contributed by atoms with Crippen LogP contribution in [0.1, 0.15) is 367 Å². The van der Waals surface area contributed by atoms with Gasteiger partial charge in [0.25, 0.3) is 7.82 Å². The number of hydrogen-bond donors (Lipinski definition) is 1. The van der Waals surface area contributed by atoms with Gasteiger partial charge in [-0.15, -0.1) is 0 Å². The zero-order chi connectivity index (χ0) is 64.9. The minimum atomic E-state index is -4.71. The molecule has 1 N–H and O–H groups in total. The van der Waals surface area contributed by atoms with Crippen molar-refractivity contribution in [2.24, 2.45) is 0 Å². The van der Waals surface area contributed by atoms with Crippen LogP contribution in [0.4, 0.5) is 0 Å². The summed E-state index contributed by atoms with van der Waals surface area (Å²) >= 11 is 0. The maximum atomic E-state index is 13.6. The first kappa shape index (κ1) is 86.5. The molecule has 3 unspecified atom stereocenters. The fourth-order valence-corrected chi connectivity index (χ4v) is 11.9. The zero-order valence-electron chi connectivity index (χ0n) is 59.6. The summed E-state index contributed by atoms with van der Waals surface area (Å²) in [5.74, 6) is -0.532. The van der Waals surface area contributed by atoms with E-state index in [1.165, 1.54) is 257 Å². The van der Waals surface area contributed by atoms with Gasteiger partial charge in [0.05, 0.1) is 33.8 Å². The molecule has 0 aromatic rings. The van der Waals surface area contributed by atoms with Crippen LogP contribution in [0, 0.1) is 0 Å². The molecule has 1 amide bonds. The summed E-state index contributed by atoms with van der Waals surface area (Å²) in [5.41, 5.74) is 0. The van der Waals surface area contributed by atoms with Crippen molar-refractivity contribution < 1.29 is 37.3 Å². The Kier molecular flexibility index (Phi) is 66.4. The summed E-state index contributed by atoms with van der Waals surface area (Å²) in [4.78, 5) is 40.3. The van der Waals surface area contributed by atoms with Crippen LogP contribution in [0.15, 0.2) is 72.9 Å². The molecular formula is C79H147N2O7P. The van der Waals surface area contributed by atoms with Crippen LogP contribution >= 0.6 is 7.82 Å². The highest BCUT2D eigenvalue weighted by atomic mass is 31.2. The van der Waals surface area contributed by atoms with Gasteiger partial charge in [-0.25, -0.2) is 0 Å². The molecule has 89 heavy (non-hydrogen) atoms. The second-order valence-corrected chi connectivity index (χ2v) is 28.6. The van der Waals surface area contributed by atoms with Crippen LogP contribution in [0.5, 0.6) is 0 Å². The number of quaternary nitrogens is 1. The summed E-state index contributed by atoms with van der Waals surface area (Å²) in [7, 11) is 1.19. The molecule has 0 radical (unpaired) electrons. The van der Waals surface area contributed by atoms with Crippen molar-refractivity contribution in [2.45, 2.75) is 380 Å². The van der Waals surface area contributed by atoms with Crippen molar-refractivity contribution >= 4 is 19.7 Å². The minimum absolute atomic E-state index is 0.0230. The summed E-state index contributed by atoms with van der Waals surface area (Å²) in [6, 6.07) is -0.892. The predicted molar refractivity (Wildman–Crippen MR) is 385 cm³/mol. The maximum Gasteiger partial charge on any atom is 0.306 e. The molecule has 0 aromatic heterocycles. The number of carbonyl (C=O) groups is 2. The molecule has 0 heterocycles. The van der Waals surface area contributed by atoms with E-state index in [0.717, 1.165) is 77.0 Å². The van der Waals surface area contributed by atoms with Gasteiger partial charge in [0, 0.05) is 12.8 Å². The zero-order valence-corrected chi connectivity index (χ0v) is 60.5. The van der Waals surface area contributed by atoms with Crippen LogP contribution in [0.25, 0.3) is 0 Å². The molecule has 520 valence electrons. The van der Waals surface area contributed by atoms with Crippen LogP contribution in [-0.4, -0.2) is 69.4 Å².